The molecule has 0 bridgehead atoms. The molecular formula is C22H28N4O3. The van der Waals surface area contributed by atoms with Gasteiger partial charge < -0.3 is 20.1 Å². The average Bonchev–Trinajstić information content (AvgIpc) is 2.94. The standard InChI is InChI=1S/C22H28N4O3/c1-14-19(15(2)29-25-14)13-26-12-10-17(8-9-20(26)27)24-22(28)18-7-3-5-16-6-4-11-23-21(16)18/h3,5,7,17,23H,4,6,8-13H2,1-2H3,(H,24,28). The minimum absolute atomic E-state index is 0.0134. The van der Waals surface area contributed by atoms with E-state index in [2.05, 4.69) is 21.9 Å². The molecule has 7 heteroatoms. The van der Waals surface area contributed by atoms with Gasteiger partial charge in [-0.25, -0.2) is 0 Å². The molecule has 1 aromatic carbocycles. The average molecular weight is 396 g/mol. The van der Waals surface area contributed by atoms with Gasteiger partial charge >= 0.3 is 0 Å². The second kappa shape index (κ2) is 8.27. The molecule has 2 aliphatic heterocycles. The van der Waals surface area contributed by atoms with Crippen molar-refractivity contribution in [3.63, 3.8) is 0 Å². The zero-order valence-electron chi connectivity index (χ0n) is 17.1. The molecule has 2 N–H and O–H groups in total. The van der Waals surface area contributed by atoms with Crippen molar-refractivity contribution >= 4 is 17.5 Å². The third kappa shape index (κ3) is 4.13. The number of para-hydroxylation sites is 1. The number of nitrogens with one attached hydrogen (secondary N) is 2. The van der Waals surface area contributed by atoms with Crippen molar-refractivity contribution in [2.24, 2.45) is 0 Å². The Bertz CT molecular complexity index is 901. The van der Waals surface area contributed by atoms with E-state index in [0.717, 1.165) is 48.5 Å². The number of hydrogen-bond acceptors (Lipinski definition) is 5. The Labute approximate surface area is 170 Å². The smallest absolute Gasteiger partial charge is 0.253 e. The first kappa shape index (κ1) is 19.5. The summed E-state index contributed by atoms with van der Waals surface area (Å²) in [6.45, 7) is 5.78. The number of amides is 2. The molecule has 3 heterocycles. The molecule has 1 aromatic heterocycles. The Kier molecular flexibility index (Phi) is 5.56. The number of aromatic nitrogens is 1. The van der Waals surface area contributed by atoms with Crippen LogP contribution in [0.2, 0.25) is 0 Å². The van der Waals surface area contributed by atoms with E-state index in [4.69, 9.17) is 4.52 Å². The summed E-state index contributed by atoms with van der Waals surface area (Å²) in [7, 11) is 0. The highest BCUT2D eigenvalue weighted by Crippen LogP contribution is 2.26. The van der Waals surface area contributed by atoms with E-state index >= 15 is 0 Å². The van der Waals surface area contributed by atoms with Crippen LogP contribution >= 0.6 is 0 Å². The summed E-state index contributed by atoms with van der Waals surface area (Å²) in [5, 5.41) is 10.5. The monoisotopic (exact) mass is 396 g/mol. The molecule has 2 aromatic rings. The maximum absolute atomic E-state index is 12.9. The molecule has 2 aliphatic rings. The molecule has 1 unspecified atom stereocenters. The molecule has 0 aliphatic carbocycles. The minimum atomic E-state index is -0.0622. The van der Waals surface area contributed by atoms with Crippen LogP contribution in [-0.2, 0) is 17.8 Å². The molecule has 1 fully saturated rings. The van der Waals surface area contributed by atoms with Crippen molar-refractivity contribution in [2.75, 3.05) is 18.4 Å². The lowest BCUT2D eigenvalue weighted by Crippen LogP contribution is -2.36. The van der Waals surface area contributed by atoms with E-state index in [1.165, 1.54) is 5.56 Å². The summed E-state index contributed by atoms with van der Waals surface area (Å²) < 4.78 is 5.22. The molecular weight excluding hydrogens is 368 g/mol. The van der Waals surface area contributed by atoms with Gasteiger partial charge in [0.1, 0.15) is 5.76 Å². The number of benzene rings is 1. The first-order valence-electron chi connectivity index (χ1n) is 10.4. The van der Waals surface area contributed by atoms with Crippen LogP contribution < -0.4 is 10.6 Å². The number of aryl methyl sites for hydroxylation is 3. The summed E-state index contributed by atoms with van der Waals surface area (Å²) in [6.07, 6.45) is 3.91. The second-order valence-electron chi connectivity index (χ2n) is 7.99. The van der Waals surface area contributed by atoms with Crippen LogP contribution in [0.15, 0.2) is 22.7 Å². The highest BCUT2D eigenvalue weighted by atomic mass is 16.5. The largest absolute Gasteiger partial charge is 0.384 e. The van der Waals surface area contributed by atoms with E-state index in [1.807, 2.05) is 30.9 Å². The van der Waals surface area contributed by atoms with Crippen LogP contribution in [0.4, 0.5) is 5.69 Å². The van der Waals surface area contributed by atoms with Gasteiger partial charge in [-0.3, -0.25) is 9.59 Å². The Balaban J connectivity index is 1.41. The maximum atomic E-state index is 12.9. The van der Waals surface area contributed by atoms with Crippen molar-refractivity contribution in [1.29, 1.82) is 0 Å². The molecule has 7 nitrogen and oxygen atoms in total. The first-order valence-corrected chi connectivity index (χ1v) is 10.4. The predicted molar refractivity (Wildman–Crippen MR) is 110 cm³/mol. The van der Waals surface area contributed by atoms with E-state index < -0.39 is 0 Å². The number of anilines is 1. The van der Waals surface area contributed by atoms with Crippen LogP contribution in [0.5, 0.6) is 0 Å². The molecule has 2 amide bonds. The number of likely N-dealkylation sites (tertiary alicyclic amines) is 1. The minimum Gasteiger partial charge on any atom is -0.384 e. The van der Waals surface area contributed by atoms with Gasteiger partial charge in [0.15, 0.2) is 0 Å². The van der Waals surface area contributed by atoms with E-state index in [-0.39, 0.29) is 17.9 Å². The van der Waals surface area contributed by atoms with Crippen LogP contribution in [-0.4, -0.2) is 41.0 Å². The summed E-state index contributed by atoms with van der Waals surface area (Å²) >= 11 is 0. The summed E-state index contributed by atoms with van der Waals surface area (Å²) in [6, 6.07) is 5.89. The highest BCUT2D eigenvalue weighted by Gasteiger charge is 2.26. The number of rotatable bonds is 4. The summed E-state index contributed by atoms with van der Waals surface area (Å²) in [5.74, 6) is 0.805. The van der Waals surface area contributed by atoms with Crippen molar-refractivity contribution < 1.29 is 14.1 Å². The fraction of sp³-hybridized carbons (Fsp3) is 0.500. The molecule has 1 saturated heterocycles. The number of carbonyl (C=O) groups excluding carboxylic acids is 2. The second-order valence-corrected chi connectivity index (χ2v) is 7.99. The molecule has 0 spiro atoms. The molecule has 4 rings (SSSR count). The lowest BCUT2D eigenvalue weighted by atomic mass is 9.98. The quantitative estimate of drug-likeness (QED) is 0.830. The summed E-state index contributed by atoms with van der Waals surface area (Å²) in [5.41, 5.74) is 4.66. The van der Waals surface area contributed by atoms with Crippen LogP contribution in [0.25, 0.3) is 0 Å². The van der Waals surface area contributed by atoms with Crippen molar-refractivity contribution in [1.82, 2.24) is 15.4 Å². The van der Waals surface area contributed by atoms with Crippen LogP contribution in [0.3, 0.4) is 0 Å². The van der Waals surface area contributed by atoms with Crippen molar-refractivity contribution in [3.8, 4) is 0 Å². The summed E-state index contributed by atoms with van der Waals surface area (Å²) in [4.78, 5) is 27.4. The van der Waals surface area contributed by atoms with Gasteiger partial charge in [-0.1, -0.05) is 17.3 Å². The van der Waals surface area contributed by atoms with Gasteiger partial charge in [0.25, 0.3) is 5.91 Å². The third-order valence-corrected chi connectivity index (χ3v) is 5.99. The molecule has 1 atom stereocenters. The van der Waals surface area contributed by atoms with E-state index in [0.29, 0.717) is 31.5 Å². The Morgan fingerprint density at radius 3 is 2.97 bits per heavy atom. The van der Waals surface area contributed by atoms with Gasteiger partial charge in [-0.2, -0.15) is 0 Å². The van der Waals surface area contributed by atoms with Crippen molar-refractivity contribution in [2.45, 2.75) is 58.5 Å². The lowest BCUT2D eigenvalue weighted by molar-refractivity contribution is -0.131. The zero-order chi connectivity index (χ0) is 20.4. The molecule has 0 radical (unpaired) electrons. The topological polar surface area (TPSA) is 87.5 Å². The zero-order valence-corrected chi connectivity index (χ0v) is 17.1. The highest BCUT2D eigenvalue weighted by molar-refractivity contribution is 6.00. The number of fused-ring (bicyclic) bond motifs is 1. The predicted octanol–water partition coefficient (Wildman–Crippen LogP) is 2.96. The first-order chi connectivity index (χ1) is 14.0. The van der Waals surface area contributed by atoms with E-state index in [9.17, 15) is 9.59 Å². The van der Waals surface area contributed by atoms with Gasteiger partial charge in [0.05, 0.1) is 23.5 Å². The number of carbonyl (C=O) groups is 2. The normalized spacial score (nSPS) is 19.3. The lowest BCUT2D eigenvalue weighted by Gasteiger charge is -2.23. The SMILES string of the molecule is Cc1noc(C)c1CN1CCC(NC(=O)c2cccc3c2NCCC3)CCC1=O. The molecule has 154 valence electrons. The fourth-order valence-electron chi connectivity index (χ4n) is 4.23. The number of nitrogens with zero attached hydrogens (tertiary/aromatic N) is 2. The van der Waals surface area contributed by atoms with Gasteiger partial charge in [-0.05, 0) is 51.2 Å². The van der Waals surface area contributed by atoms with Gasteiger partial charge in [-0.15, -0.1) is 0 Å². The Hall–Kier alpha value is -2.83. The van der Waals surface area contributed by atoms with Crippen LogP contribution in [0, 0.1) is 13.8 Å². The van der Waals surface area contributed by atoms with Crippen LogP contribution in [0.1, 0.15) is 58.6 Å². The van der Waals surface area contributed by atoms with E-state index in [1.54, 1.807) is 0 Å². The van der Waals surface area contributed by atoms with Crippen molar-refractivity contribution in [3.05, 3.63) is 46.3 Å². The fourth-order valence-corrected chi connectivity index (χ4v) is 4.23. The number of hydrogen-bond donors (Lipinski definition) is 2. The third-order valence-electron chi connectivity index (χ3n) is 5.99. The van der Waals surface area contributed by atoms with Gasteiger partial charge in [0.2, 0.25) is 5.91 Å². The Morgan fingerprint density at radius 1 is 1.31 bits per heavy atom. The molecule has 0 saturated carbocycles. The van der Waals surface area contributed by atoms with Gasteiger partial charge in [0, 0.05) is 31.1 Å². The maximum Gasteiger partial charge on any atom is 0.253 e. The Morgan fingerprint density at radius 2 is 2.17 bits per heavy atom. The molecule has 29 heavy (non-hydrogen) atoms.